The molecule has 0 unspecified atom stereocenters. The van der Waals surface area contributed by atoms with Crippen LogP contribution in [0.3, 0.4) is 0 Å². The fraction of sp³-hybridized carbons (Fsp3) is 0.276. The Kier molecular flexibility index (Phi) is 6.12. The molecule has 0 spiro atoms. The number of fused-ring (bicyclic) bond motifs is 5. The number of aromatic nitrogens is 1. The van der Waals surface area contributed by atoms with Gasteiger partial charge in [-0.1, -0.05) is 17.7 Å². The van der Waals surface area contributed by atoms with E-state index in [1.165, 1.54) is 11.4 Å². The predicted octanol–water partition coefficient (Wildman–Crippen LogP) is 5.87. The third-order valence-corrected chi connectivity index (χ3v) is 8.90. The van der Waals surface area contributed by atoms with Crippen molar-refractivity contribution in [2.75, 3.05) is 18.5 Å². The van der Waals surface area contributed by atoms with E-state index in [0.29, 0.717) is 11.3 Å². The summed E-state index contributed by atoms with van der Waals surface area (Å²) in [5, 5.41) is 0.989. The van der Waals surface area contributed by atoms with Crippen LogP contribution in [0, 0.1) is 13.8 Å². The van der Waals surface area contributed by atoms with Crippen LogP contribution >= 0.6 is 0 Å². The molecule has 0 bridgehead atoms. The summed E-state index contributed by atoms with van der Waals surface area (Å²) in [4.78, 5) is 12.4. The zero-order valence-corrected chi connectivity index (χ0v) is 21.9. The van der Waals surface area contributed by atoms with Gasteiger partial charge in [0.05, 0.1) is 23.3 Å². The average molecular weight is 503 g/mol. The van der Waals surface area contributed by atoms with E-state index in [2.05, 4.69) is 10.6 Å². The van der Waals surface area contributed by atoms with Crippen LogP contribution in [0.1, 0.15) is 39.9 Å². The molecular formula is C29H30N2O4S. The Bertz CT molecular complexity index is 1580. The van der Waals surface area contributed by atoms with E-state index in [1.807, 2.05) is 56.3 Å². The van der Waals surface area contributed by atoms with Gasteiger partial charge in [-0.15, -0.1) is 0 Å². The Morgan fingerprint density at radius 3 is 2.44 bits per heavy atom. The molecule has 0 aliphatic carbocycles. The molecule has 6 nitrogen and oxygen atoms in total. The van der Waals surface area contributed by atoms with Crippen LogP contribution in [0.2, 0.25) is 0 Å². The lowest BCUT2D eigenvalue weighted by molar-refractivity contribution is 0.0601. The first-order chi connectivity index (χ1) is 17.2. The standard InChI is InChI=1S/C29H30N2O4S/c1-19-8-11-25(12-9-19)36(33,34)30(3)24-15-20(2)28-21(17-24)7-5-6-14-31-26-13-10-22(29(32)35-4)16-23(26)18-27(28)31/h8-13,15-18H,5-7,14H2,1-4H3. The van der Waals surface area contributed by atoms with Crippen LogP contribution in [-0.2, 0) is 27.7 Å². The maximum atomic E-state index is 13.4. The minimum absolute atomic E-state index is 0.279. The quantitative estimate of drug-likeness (QED) is 0.327. The summed E-state index contributed by atoms with van der Waals surface area (Å²) in [6.45, 7) is 4.87. The predicted molar refractivity (Wildman–Crippen MR) is 143 cm³/mol. The summed E-state index contributed by atoms with van der Waals surface area (Å²) in [6, 6.07) is 18.7. The first kappa shape index (κ1) is 24.1. The van der Waals surface area contributed by atoms with Crippen molar-refractivity contribution in [2.45, 2.75) is 44.6 Å². The smallest absolute Gasteiger partial charge is 0.337 e. The van der Waals surface area contributed by atoms with Crippen molar-refractivity contribution in [3.05, 3.63) is 82.9 Å². The molecule has 0 saturated carbocycles. The van der Waals surface area contributed by atoms with Gasteiger partial charge in [-0.2, -0.15) is 0 Å². The Labute approximate surface area is 212 Å². The van der Waals surface area contributed by atoms with E-state index in [-0.39, 0.29) is 10.9 Å². The number of aryl methyl sites for hydroxylation is 4. The lowest BCUT2D eigenvalue weighted by Gasteiger charge is -2.25. The summed E-state index contributed by atoms with van der Waals surface area (Å²) in [5.74, 6) is -0.352. The van der Waals surface area contributed by atoms with E-state index in [4.69, 9.17) is 4.74 Å². The maximum Gasteiger partial charge on any atom is 0.337 e. The number of carbonyl (C=O) groups excluding carboxylic acids is 1. The Balaban J connectivity index is 1.62. The molecule has 0 saturated heterocycles. The molecule has 0 radical (unpaired) electrons. The van der Waals surface area contributed by atoms with Gasteiger partial charge in [-0.3, -0.25) is 4.31 Å². The first-order valence-electron chi connectivity index (χ1n) is 12.1. The third-order valence-electron chi connectivity index (χ3n) is 7.10. The van der Waals surface area contributed by atoms with Crippen LogP contribution in [0.15, 0.2) is 65.6 Å². The highest BCUT2D eigenvalue weighted by atomic mass is 32.2. The minimum atomic E-state index is -3.68. The van der Waals surface area contributed by atoms with Crippen LogP contribution in [0.4, 0.5) is 5.69 Å². The van der Waals surface area contributed by atoms with Crippen LogP contribution < -0.4 is 4.31 Å². The molecule has 5 rings (SSSR count). The number of hydrogen-bond acceptors (Lipinski definition) is 4. The van der Waals surface area contributed by atoms with Crippen molar-refractivity contribution in [2.24, 2.45) is 0 Å². The normalized spacial score (nSPS) is 13.4. The largest absolute Gasteiger partial charge is 0.465 e. The Morgan fingerprint density at radius 1 is 0.972 bits per heavy atom. The molecule has 1 aliphatic heterocycles. The number of esters is 1. The number of anilines is 1. The first-order valence-corrected chi connectivity index (χ1v) is 13.6. The highest BCUT2D eigenvalue weighted by Crippen LogP contribution is 2.38. The highest BCUT2D eigenvalue weighted by Gasteiger charge is 2.25. The molecule has 0 amide bonds. The number of nitrogens with zero attached hydrogens (tertiary/aromatic N) is 2. The molecule has 0 atom stereocenters. The van der Waals surface area contributed by atoms with Gasteiger partial charge in [0.2, 0.25) is 0 Å². The zero-order valence-electron chi connectivity index (χ0n) is 21.0. The van der Waals surface area contributed by atoms with E-state index < -0.39 is 10.0 Å². The average Bonchev–Trinajstić information content (AvgIpc) is 3.20. The summed E-state index contributed by atoms with van der Waals surface area (Å²) in [5.41, 5.74) is 7.66. The Morgan fingerprint density at radius 2 is 1.72 bits per heavy atom. The second-order valence-electron chi connectivity index (χ2n) is 9.49. The van der Waals surface area contributed by atoms with Crippen LogP contribution in [0.5, 0.6) is 0 Å². The minimum Gasteiger partial charge on any atom is -0.465 e. The lowest BCUT2D eigenvalue weighted by atomic mass is 9.93. The summed E-state index contributed by atoms with van der Waals surface area (Å²) in [7, 11) is -0.677. The van der Waals surface area contributed by atoms with E-state index in [1.54, 1.807) is 19.2 Å². The fourth-order valence-corrected chi connectivity index (χ4v) is 6.32. The van der Waals surface area contributed by atoms with E-state index >= 15 is 0 Å². The van der Waals surface area contributed by atoms with Gasteiger partial charge in [0.1, 0.15) is 0 Å². The number of sulfonamides is 1. The van der Waals surface area contributed by atoms with Gasteiger partial charge in [0, 0.05) is 35.8 Å². The molecule has 3 aromatic carbocycles. The van der Waals surface area contributed by atoms with Crippen molar-refractivity contribution < 1.29 is 17.9 Å². The molecule has 36 heavy (non-hydrogen) atoms. The van der Waals surface area contributed by atoms with Gasteiger partial charge in [0.15, 0.2) is 0 Å². The maximum absolute atomic E-state index is 13.4. The molecule has 1 aliphatic rings. The van der Waals surface area contributed by atoms with Crippen molar-refractivity contribution in [1.29, 1.82) is 0 Å². The van der Waals surface area contributed by atoms with Crippen LogP contribution in [0.25, 0.3) is 22.2 Å². The third kappa shape index (κ3) is 4.07. The van der Waals surface area contributed by atoms with Crippen molar-refractivity contribution in [3.63, 3.8) is 0 Å². The van der Waals surface area contributed by atoms with Crippen molar-refractivity contribution in [1.82, 2.24) is 4.57 Å². The topological polar surface area (TPSA) is 68.6 Å². The molecule has 0 N–H and O–H groups in total. The molecule has 0 fully saturated rings. The number of rotatable bonds is 4. The van der Waals surface area contributed by atoms with Gasteiger partial charge < -0.3 is 9.30 Å². The molecule has 1 aromatic heterocycles. The van der Waals surface area contributed by atoms with E-state index in [9.17, 15) is 13.2 Å². The summed E-state index contributed by atoms with van der Waals surface area (Å²) >= 11 is 0. The SMILES string of the molecule is COC(=O)c1ccc2c(c1)cc1n2CCCCc2cc(N(C)S(=O)(=O)c3ccc(C)cc3)cc(C)c2-1. The number of methoxy groups -OCH3 is 1. The number of carbonyl (C=O) groups is 1. The second kappa shape index (κ2) is 9.13. The number of hydrogen-bond donors (Lipinski definition) is 0. The summed E-state index contributed by atoms with van der Waals surface area (Å²) in [6.07, 6.45) is 2.89. The van der Waals surface area contributed by atoms with E-state index in [0.717, 1.165) is 64.7 Å². The van der Waals surface area contributed by atoms with Crippen molar-refractivity contribution in [3.8, 4) is 11.3 Å². The molecule has 186 valence electrons. The van der Waals surface area contributed by atoms with Crippen molar-refractivity contribution >= 4 is 32.6 Å². The van der Waals surface area contributed by atoms with Gasteiger partial charge in [-0.05, 0) is 92.8 Å². The van der Waals surface area contributed by atoms with Gasteiger partial charge >= 0.3 is 5.97 Å². The molecular weight excluding hydrogens is 472 g/mol. The van der Waals surface area contributed by atoms with Crippen LogP contribution in [-0.4, -0.2) is 33.1 Å². The van der Waals surface area contributed by atoms with Gasteiger partial charge in [-0.25, -0.2) is 13.2 Å². The van der Waals surface area contributed by atoms with Gasteiger partial charge in [0.25, 0.3) is 10.0 Å². The summed E-state index contributed by atoms with van der Waals surface area (Å²) < 4.78 is 35.3. The fourth-order valence-electron chi connectivity index (χ4n) is 5.14. The molecule has 2 heterocycles. The number of benzene rings is 3. The monoisotopic (exact) mass is 502 g/mol. The highest BCUT2D eigenvalue weighted by molar-refractivity contribution is 7.92. The lowest BCUT2D eigenvalue weighted by Crippen LogP contribution is -2.27. The molecule has 4 aromatic rings. The Hall–Kier alpha value is -3.58. The molecule has 7 heteroatoms. The zero-order chi connectivity index (χ0) is 25.6. The second-order valence-corrected chi connectivity index (χ2v) is 11.5. The number of ether oxygens (including phenoxy) is 1.